The summed E-state index contributed by atoms with van der Waals surface area (Å²) in [4.78, 5) is 26.5. The van der Waals surface area contributed by atoms with Crippen LogP contribution < -0.4 is 5.32 Å². The number of ether oxygens (including phenoxy) is 2. The van der Waals surface area contributed by atoms with Gasteiger partial charge in [-0.25, -0.2) is 0 Å². The van der Waals surface area contributed by atoms with Crippen LogP contribution >= 0.6 is 12.4 Å². The van der Waals surface area contributed by atoms with Gasteiger partial charge >= 0.3 is 5.97 Å². The Bertz CT molecular complexity index is 632. The minimum Gasteiger partial charge on any atom is -0.469 e. The van der Waals surface area contributed by atoms with E-state index < -0.39 is 0 Å². The number of hydrogen-bond acceptors (Lipinski definition) is 5. The molecule has 0 bridgehead atoms. The second-order valence-corrected chi connectivity index (χ2v) is 6.58. The second-order valence-electron chi connectivity index (χ2n) is 6.58. The molecule has 0 spiro atoms. The van der Waals surface area contributed by atoms with Gasteiger partial charge in [-0.2, -0.15) is 0 Å². The Morgan fingerprint density at radius 1 is 1.38 bits per heavy atom. The fourth-order valence-electron chi connectivity index (χ4n) is 3.54. The van der Waals surface area contributed by atoms with E-state index in [1.54, 1.807) is 4.90 Å². The summed E-state index contributed by atoms with van der Waals surface area (Å²) in [6.45, 7) is 3.30. The van der Waals surface area contributed by atoms with Crippen molar-refractivity contribution in [3.8, 4) is 0 Å². The number of benzene rings is 1. The topological polar surface area (TPSA) is 67.9 Å². The van der Waals surface area contributed by atoms with Gasteiger partial charge in [-0.05, 0) is 43.0 Å². The number of carbonyl (C=O) groups is 2. The number of nitrogens with zero attached hydrogens (tertiary/aromatic N) is 1. The summed E-state index contributed by atoms with van der Waals surface area (Å²) in [5.41, 5.74) is 3.06. The first kappa shape index (κ1) is 20.7. The number of esters is 1. The molecule has 1 saturated heterocycles. The van der Waals surface area contributed by atoms with Crippen LogP contribution in [0.4, 0.5) is 0 Å². The van der Waals surface area contributed by atoms with Crippen LogP contribution in [0, 0.1) is 0 Å². The highest BCUT2D eigenvalue weighted by Crippen LogP contribution is 2.22. The van der Waals surface area contributed by atoms with Crippen LogP contribution in [0.2, 0.25) is 0 Å². The van der Waals surface area contributed by atoms with Gasteiger partial charge in [0, 0.05) is 31.8 Å². The zero-order chi connectivity index (χ0) is 17.6. The Balaban J connectivity index is 0.00000243. The summed E-state index contributed by atoms with van der Waals surface area (Å²) in [7, 11) is 1.37. The molecule has 0 aromatic heterocycles. The molecule has 1 fully saturated rings. The first-order valence-corrected chi connectivity index (χ1v) is 8.98. The van der Waals surface area contributed by atoms with Crippen LogP contribution in [-0.2, 0) is 27.2 Å². The number of nitrogens with one attached hydrogen (secondary N) is 1. The van der Waals surface area contributed by atoms with E-state index >= 15 is 0 Å². The summed E-state index contributed by atoms with van der Waals surface area (Å²) in [5, 5.41) is 3.34. The Kier molecular flexibility index (Phi) is 7.87. The smallest absolute Gasteiger partial charge is 0.307 e. The maximum Gasteiger partial charge on any atom is 0.307 e. The first-order chi connectivity index (χ1) is 12.2. The average molecular weight is 383 g/mol. The number of halogens is 1. The first-order valence-electron chi connectivity index (χ1n) is 8.98. The van der Waals surface area contributed by atoms with Crippen LogP contribution in [0.15, 0.2) is 18.2 Å². The molecule has 6 nitrogen and oxygen atoms in total. The highest BCUT2D eigenvalue weighted by atomic mass is 35.5. The van der Waals surface area contributed by atoms with Crippen molar-refractivity contribution in [2.24, 2.45) is 0 Å². The quantitative estimate of drug-likeness (QED) is 0.761. The normalized spacial score (nSPS) is 18.6. The van der Waals surface area contributed by atoms with Crippen molar-refractivity contribution in [1.29, 1.82) is 0 Å². The lowest BCUT2D eigenvalue weighted by atomic mass is 9.94. The molecule has 2 aliphatic rings. The molecular weight excluding hydrogens is 356 g/mol. The average Bonchev–Trinajstić information content (AvgIpc) is 3.17. The van der Waals surface area contributed by atoms with Crippen molar-refractivity contribution in [2.45, 2.75) is 38.3 Å². The van der Waals surface area contributed by atoms with E-state index in [-0.39, 0.29) is 36.8 Å². The van der Waals surface area contributed by atoms with E-state index in [4.69, 9.17) is 9.47 Å². The third-order valence-electron chi connectivity index (χ3n) is 4.92. The van der Waals surface area contributed by atoms with Gasteiger partial charge < -0.3 is 19.7 Å². The second kappa shape index (κ2) is 9.90. The molecule has 0 radical (unpaired) electrons. The molecule has 2 aliphatic heterocycles. The minimum absolute atomic E-state index is 0. The van der Waals surface area contributed by atoms with E-state index in [1.165, 1.54) is 12.7 Å². The molecule has 26 heavy (non-hydrogen) atoms. The molecule has 1 unspecified atom stereocenters. The molecule has 1 aromatic rings. The number of methoxy groups -OCH3 is 1. The predicted octanol–water partition coefficient (Wildman–Crippen LogP) is 1.94. The van der Waals surface area contributed by atoms with E-state index in [0.29, 0.717) is 13.1 Å². The lowest BCUT2D eigenvalue weighted by molar-refractivity contribution is -0.140. The zero-order valence-corrected chi connectivity index (χ0v) is 16.0. The molecule has 1 atom stereocenters. The number of carbonyl (C=O) groups excluding carboxylic acids is 2. The molecular formula is C19H27ClN2O4. The van der Waals surface area contributed by atoms with Gasteiger partial charge in [0.05, 0.1) is 19.6 Å². The summed E-state index contributed by atoms with van der Waals surface area (Å²) in [5.74, 6) is -0.317. The van der Waals surface area contributed by atoms with Gasteiger partial charge in [-0.3, -0.25) is 9.59 Å². The summed E-state index contributed by atoms with van der Waals surface area (Å²) < 4.78 is 10.4. The highest BCUT2D eigenvalue weighted by molar-refractivity contribution is 5.96. The Morgan fingerprint density at radius 2 is 2.23 bits per heavy atom. The van der Waals surface area contributed by atoms with Crippen LogP contribution in [0.3, 0.4) is 0 Å². The molecule has 1 amide bonds. The lowest BCUT2D eigenvalue weighted by Crippen LogP contribution is -2.40. The molecule has 1 aromatic carbocycles. The highest BCUT2D eigenvalue weighted by Gasteiger charge is 2.26. The number of hydrogen-bond donors (Lipinski definition) is 1. The van der Waals surface area contributed by atoms with Crippen molar-refractivity contribution < 1.29 is 19.1 Å². The molecule has 0 saturated carbocycles. The summed E-state index contributed by atoms with van der Waals surface area (Å²) >= 11 is 0. The largest absolute Gasteiger partial charge is 0.469 e. The molecule has 0 aliphatic carbocycles. The summed E-state index contributed by atoms with van der Waals surface area (Å²) in [6, 6.07) is 5.90. The number of amides is 1. The lowest BCUT2D eigenvalue weighted by Gasteiger charge is -2.27. The van der Waals surface area contributed by atoms with Crippen LogP contribution in [-0.4, -0.2) is 56.2 Å². The van der Waals surface area contributed by atoms with Gasteiger partial charge in [0.15, 0.2) is 0 Å². The van der Waals surface area contributed by atoms with Crippen molar-refractivity contribution >= 4 is 24.3 Å². The fraction of sp³-hybridized carbons (Fsp3) is 0.579. The zero-order valence-electron chi connectivity index (χ0n) is 15.2. The van der Waals surface area contributed by atoms with Gasteiger partial charge in [0.2, 0.25) is 0 Å². The van der Waals surface area contributed by atoms with Gasteiger partial charge in [-0.15, -0.1) is 12.4 Å². The Labute approximate surface area is 160 Å². The number of rotatable bonds is 6. The van der Waals surface area contributed by atoms with Crippen LogP contribution in [0.25, 0.3) is 0 Å². The van der Waals surface area contributed by atoms with E-state index in [1.807, 2.05) is 12.1 Å². The summed E-state index contributed by atoms with van der Waals surface area (Å²) in [6.07, 6.45) is 3.09. The van der Waals surface area contributed by atoms with Crippen molar-refractivity contribution in [3.63, 3.8) is 0 Å². The van der Waals surface area contributed by atoms with Crippen LogP contribution in [0.5, 0.6) is 0 Å². The van der Waals surface area contributed by atoms with Crippen molar-refractivity contribution in [1.82, 2.24) is 10.2 Å². The van der Waals surface area contributed by atoms with E-state index in [0.717, 1.165) is 50.1 Å². The Morgan fingerprint density at radius 3 is 2.96 bits per heavy atom. The molecule has 2 heterocycles. The van der Waals surface area contributed by atoms with Gasteiger partial charge in [-0.1, -0.05) is 12.1 Å². The molecule has 144 valence electrons. The third-order valence-corrected chi connectivity index (χ3v) is 4.92. The maximum absolute atomic E-state index is 13.2. The van der Waals surface area contributed by atoms with Gasteiger partial charge in [0.1, 0.15) is 0 Å². The standard InChI is InChI=1S/C19H26N2O4.ClH/c1-24-18(22)8-10-21(13-15-5-3-11-25-15)19(23)17-6-2-4-14-12-20-9-7-16(14)17;/h2,4,6,15,20H,3,5,7-13H2,1H3;1H. The Hall–Kier alpha value is -1.63. The molecule has 1 N–H and O–H groups in total. The van der Waals surface area contributed by atoms with Crippen molar-refractivity contribution in [3.05, 3.63) is 34.9 Å². The van der Waals surface area contributed by atoms with Crippen molar-refractivity contribution in [2.75, 3.05) is 33.4 Å². The number of fused-ring (bicyclic) bond motifs is 1. The monoisotopic (exact) mass is 382 g/mol. The molecule has 7 heteroatoms. The molecule has 3 rings (SSSR count). The predicted molar refractivity (Wildman–Crippen MR) is 101 cm³/mol. The van der Waals surface area contributed by atoms with E-state index in [9.17, 15) is 9.59 Å². The van der Waals surface area contributed by atoms with Crippen LogP contribution in [0.1, 0.15) is 40.7 Å². The minimum atomic E-state index is -0.301. The van der Waals surface area contributed by atoms with Gasteiger partial charge in [0.25, 0.3) is 5.91 Å². The third kappa shape index (κ3) is 4.96. The fourth-order valence-corrected chi connectivity index (χ4v) is 3.54. The van der Waals surface area contributed by atoms with E-state index in [2.05, 4.69) is 11.4 Å². The maximum atomic E-state index is 13.2. The SMILES string of the molecule is COC(=O)CCN(CC1CCCO1)C(=O)c1cccc2c1CCNC2.Cl.